The second-order valence-electron chi connectivity index (χ2n) is 4.67. The smallest absolute Gasteiger partial charge is 0.342 e. The van der Waals surface area contributed by atoms with Gasteiger partial charge in [0.15, 0.2) is 5.78 Å². The molecule has 0 aliphatic heterocycles. The summed E-state index contributed by atoms with van der Waals surface area (Å²) in [4.78, 5) is 23.9. The third-order valence-corrected chi connectivity index (χ3v) is 2.85. The Kier molecular flexibility index (Phi) is 6.89. The predicted octanol–water partition coefficient (Wildman–Crippen LogP) is 2.91. The highest BCUT2D eigenvalue weighted by Gasteiger charge is 2.20. The summed E-state index contributed by atoms with van der Waals surface area (Å²) in [6, 6.07) is 2.32. The van der Waals surface area contributed by atoms with E-state index in [1.165, 1.54) is 12.1 Å². The summed E-state index contributed by atoms with van der Waals surface area (Å²) in [5.74, 6) is -1.60. The topological polar surface area (TPSA) is 83.8 Å². The van der Waals surface area contributed by atoms with E-state index in [9.17, 15) is 19.8 Å². The van der Waals surface area contributed by atoms with Crippen LogP contribution in [0.4, 0.5) is 0 Å². The Balaban J connectivity index is 3.04. The SMILES string of the molecule is C=CCCOC(=O)c1c(O)cc(O)cc1CC(=O)/C=C/CC. The van der Waals surface area contributed by atoms with Crippen LogP contribution in [0.25, 0.3) is 0 Å². The molecule has 0 fully saturated rings. The maximum Gasteiger partial charge on any atom is 0.342 e. The zero-order chi connectivity index (χ0) is 16.5. The average molecular weight is 304 g/mol. The number of ether oxygens (including phenoxy) is 1. The van der Waals surface area contributed by atoms with Crippen molar-refractivity contribution < 1.29 is 24.5 Å². The van der Waals surface area contributed by atoms with E-state index in [1.54, 1.807) is 12.2 Å². The van der Waals surface area contributed by atoms with Crippen LogP contribution in [0.3, 0.4) is 0 Å². The molecule has 22 heavy (non-hydrogen) atoms. The summed E-state index contributed by atoms with van der Waals surface area (Å²) in [7, 11) is 0. The lowest BCUT2D eigenvalue weighted by Gasteiger charge is -2.11. The van der Waals surface area contributed by atoms with Crippen molar-refractivity contribution in [2.24, 2.45) is 0 Å². The van der Waals surface area contributed by atoms with E-state index in [0.717, 1.165) is 6.07 Å². The van der Waals surface area contributed by atoms with Gasteiger partial charge in [0.2, 0.25) is 0 Å². The zero-order valence-corrected chi connectivity index (χ0v) is 12.5. The number of esters is 1. The minimum atomic E-state index is -0.735. The Morgan fingerprint density at radius 1 is 1.32 bits per heavy atom. The first-order valence-corrected chi connectivity index (χ1v) is 7.01. The lowest BCUT2D eigenvalue weighted by Crippen LogP contribution is -2.11. The van der Waals surface area contributed by atoms with Crippen LogP contribution in [0.5, 0.6) is 11.5 Å². The average Bonchev–Trinajstić information content (AvgIpc) is 2.44. The molecule has 0 heterocycles. The van der Waals surface area contributed by atoms with Crippen molar-refractivity contribution in [1.29, 1.82) is 0 Å². The molecule has 0 saturated heterocycles. The summed E-state index contributed by atoms with van der Waals surface area (Å²) in [6.45, 7) is 5.54. The standard InChI is InChI=1S/C17H20O5/c1-3-5-7-13(18)9-12-10-14(19)11-15(20)16(12)17(21)22-8-6-4-2/h4-5,7,10-11,19-20H,2-3,6,8-9H2,1H3/b7-5+. The Morgan fingerprint density at radius 2 is 2.05 bits per heavy atom. The van der Waals surface area contributed by atoms with E-state index in [4.69, 9.17) is 4.74 Å². The maximum absolute atomic E-state index is 12.0. The van der Waals surface area contributed by atoms with Crippen LogP contribution in [0.2, 0.25) is 0 Å². The van der Waals surface area contributed by atoms with Crippen molar-refractivity contribution >= 4 is 11.8 Å². The highest BCUT2D eigenvalue weighted by molar-refractivity contribution is 5.98. The molecule has 0 amide bonds. The van der Waals surface area contributed by atoms with Gasteiger partial charge in [0.05, 0.1) is 6.61 Å². The zero-order valence-electron chi connectivity index (χ0n) is 12.5. The van der Waals surface area contributed by atoms with Crippen LogP contribution in [0.15, 0.2) is 36.9 Å². The number of phenols is 2. The van der Waals surface area contributed by atoms with Crippen LogP contribution in [0, 0.1) is 0 Å². The van der Waals surface area contributed by atoms with Gasteiger partial charge in [-0.3, -0.25) is 4.79 Å². The van der Waals surface area contributed by atoms with Crippen LogP contribution in [-0.4, -0.2) is 28.6 Å². The summed E-state index contributed by atoms with van der Waals surface area (Å²) in [6.07, 6.45) is 5.81. The number of carbonyl (C=O) groups is 2. The first-order chi connectivity index (χ1) is 10.5. The number of allylic oxidation sites excluding steroid dienone is 2. The number of phenolic OH excluding ortho intramolecular Hbond substituents is 2. The number of rotatable bonds is 8. The Hall–Kier alpha value is -2.56. The van der Waals surface area contributed by atoms with Crippen LogP contribution in [0.1, 0.15) is 35.7 Å². The minimum absolute atomic E-state index is 0.0971. The molecule has 0 unspecified atom stereocenters. The van der Waals surface area contributed by atoms with Gasteiger partial charge in [-0.05, 0) is 30.5 Å². The van der Waals surface area contributed by atoms with E-state index in [1.807, 2.05) is 6.92 Å². The Bertz CT molecular complexity index is 587. The highest BCUT2D eigenvalue weighted by Crippen LogP contribution is 2.28. The summed E-state index contributed by atoms with van der Waals surface area (Å²) >= 11 is 0. The molecule has 1 rings (SSSR count). The molecular weight excluding hydrogens is 284 g/mol. The number of ketones is 1. The molecule has 1 aromatic carbocycles. The summed E-state index contributed by atoms with van der Waals surface area (Å²) < 4.78 is 5.01. The Labute approximate surface area is 129 Å². The minimum Gasteiger partial charge on any atom is -0.508 e. The molecule has 2 N–H and O–H groups in total. The van der Waals surface area contributed by atoms with E-state index in [-0.39, 0.29) is 35.7 Å². The fraction of sp³-hybridized carbons (Fsp3) is 0.294. The Morgan fingerprint density at radius 3 is 2.68 bits per heavy atom. The van der Waals surface area contributed by atoms with E-state index >= 15 is 0 Å². The highest BCUT2D eigenvalue weighted by atomic mass is 16.5. The summed E-state index contributed by atoms with van der Waals surface area (Å²) in [5, 5.41) is 19.4. The molecule has 5 nitrogen and oxygen atoms in total. The number of hydrogen-bond acceptors (Lipinski definition) is 5. The second-order valence-corrected chi connectivity index (χ2v) is 4.67. The van der Waals surface area contributed by atoms with Gasteiger partial charge in [0, 0.05) is 12.5 Å². The van der Waals surface area contributed by atoms with Gasteiger partial charge in [-0.25, -0.2) is 4.79 Å². The lowest BCUT2D eigenvalue weighted by atomic mass is 10.0. The molecule has 0 aromatic heterocycles. The molecule has 0 atom stereocenters. The van der Waals surface area contributed by atoms with Crippen molar-refractivity contribution in [3.63, 3.8) is 0 Å². The van der Waals surface area contributed by atoms with Crippen molar-refractivity contribution in [2.45, 2.75) is 26.2 Å². The fourth-order valence-electron chi connectivity index (χ4n) is 1.85. The number of hydrogen-bond donors (Lipinski definition) is 2. The summed E-state index contributed by atoms with van der Waals surface area (Å²) in [5.41, 5.74) is 0.131. The molecule has 0 bridgehead atoms. The molecule has 0 aliphatic carbocycles. The van der Waals surface area contributed by atoms with Gasteiger partial charge in [0.25, 0.3) is 0 Å². The van der Waals surface area contributed by atoms with Crippen LogP contribution < -0.4 is 0 Å². The van der Waals surface area contributed by atoms with Crippen molar-refractivity contribution in [1.82, 2.24) is 0 Å². The quantitative estimate of drug-likeness (QED) is 0.334. The van der Waals surface area contributed by atoms with Crippen LogP contribution in [-0.2, 0) is 16.0 Å². The first-order valence-electron chi connectivity index (χ1n) is 7.01. The molecule has 0 saturated carbocycles. The largest absolute Gasteiger partial charge is 0.508 e. The molecule has 0 aliphatic rings. The molecule has 0 spiro atoms. The molecule has 5 heteroatoms. The van der Waals surface area contributed by atoms with Gasteiger partial charge in [0.1, 0.15) is 17.1 Å². The molecule has 118 valence electrons. The third kappa shape index (κ3) is 5.09. The lowest BCUT2D eigenvalue weighted by molar-refractivity contribution is -0.114. The monoisotopic (exact) mass is 304 g/mol. The second kappa shape index (κ2) is 8.67. The normalized spacial score (nSPS) is 10.6. The van der Waals surface area contributed by atoms with Gasteiger partial charge in [-0.15, -0.1) is 6.58 Å². The third-order valence-electron chi connectivity index (χ3n) is 2.85. The maximum atomic E-state index is 12.0. The van der Waals surface area contributed by atoms with Gasteiger partial charge >= 0.3 is 5.97 Å². The van der Waals surface area contributed by atoms with Crippen LogP contribution >= 0.6 is 0 Å². The van der Waals surface area contributed by atoms with Gasteiger partial charge < -0.3 is 14.9 Å². The van der Waals surface area contributed by atoms with E-state index in [0.29, 0.717) is 12.8 Å². The van der Waals surface area contributed by atoms with E-state index < -0.39 is 11.7 Å². The number of aromatic hydroxyl groups is 2. The van der Waals surface area contributed by atoms with Gasteiger partial charge in [-0.2, -0.15) is 0 Å². The van der Waals surface area contributed by atoms with Crippen molar-refractivity contribution in [3.8, 4) is 11.5 Å². The molecular formula is C17H20O5. The molecule has 1 aromatic rings. The van der Waals surface area contributed by atoms with Gasteiger partial charge in [-0.1, -0.05) is 19.1 Å². The predicted molar refractivity (Wildman–Crippen MR) is 83.0 cm³/mol. The number of benzene rings is 1. The first kappa shape index (κ1) is 17.5. The van der Waals surface area contributed by atoms with Crippen molar-refractivity contribution in [3.05, 3.63) is 48.1 Å². The van der Waals surface area contributed by atoms with E-state index in [2.05, 4.69) is 6.58 Å². The van der Waals surface area contributed by atoms with Crippen molar-refractivity contribution in [2.75, 3.05) is 6.61 Å². The fourth-order valence-corrected chi connectivity index (χ4v) is 1.85. The number of carbonyl (C=O) groups excluding carboxylic acids is 2. The molecule has 0 radical (unpaired) electrons.